The van der Waals surface area contributed by atoms with E-state index in [4.69, 9.17) is 5.73 Å². The number of guanidine groups is 1. The number of nitrogens with one attached hydrogen (secondary N) is 1. The number of para-hydroxylation sites is 1. The lowest BCUT2D eigenvalue weighted by atomic mass is 10.1. The molecule has 1 aromatic carbocycles. The Morgan fingerprint density at radius 1 is 1.15 bits per heavy atom. The van der Waals surface area contributed by atoms with Gasteiger partial charge < -0.3 is 11.1 Å². The van der Waals surface area contributed by atoms with Crippen LogP contribution >= 0.6 is 0 Å². The number of rotatable bonds is 11. The van der Waals surface area contributed by atoms with Crippen LogP contribution in [-0.4, -0.2) is 22.4 Å². The lowest BCUT2D eigenvalue weighted by molar-refractivity contribution is -0.384. The van der Waals surface area contributed by atoms with Crippen LogP contribution in [0.25, 0.3) is 10.9 Å². The molecule has 7 heteroatoms. The first-order valence-corrected chi connectivity index (χ1v) is 9.72. The van der Waals surface area contributed by atoms with E-state index in [0.717, 1.165) is 12.8 Å². The molecule has 0 spiro atoms. The molecule has 0 atom stereocenters. The monoisotopic (exact) mass is 371 g/mol. The molecule has 0 aliphatic carbocycles. The maximum Gasteiger partial charge on any atom is 0.311 e. The van der Waals surface area contributed by atoms with Gasteiger partial charge in [0, 0.05) is 11.9 Å². The summed E-state index contributed by atoms with van der Waals surface area (Å²) in [6, 6.07) is 7.24. The smallest absolute Gasteiger partial charge is 0.311 e. The van der Waals surface area contributed by atoms with E-state index in [2.05, 4.69) is 22.2 Å². The van der Waals surface area contributed by atoms with Gasteiger partial charge >= 0.3 is 5.69 Å². The Balaban J connectivity index is 1.89. The average Bonchev–Trinajstić information content (AvgIpc) is 2.66. The summed E-state index contributed by atoms with van der Waals surface area (Å²) in [5, 5.41) is 14.9. The number of unbranched alkanes of at least 4 members (excludes halogenated alkanes) is 7. The minimum atomic E-state index is -0.465. The van der Waals surface area contributed by atoms with Gasteiger partial charge in [0.05, 0.1) is 10.4 Å². The highest BCUT2D eigenvalue weighted by Gasteiger charge is 2.18. The number of hydrogen-bond donors (Lipinski definition) is 2. The maximum absolute atomic E-state index is 11.3. The van der Waals surface area contributed by atoms with Crippen LogP contribution in [0.5, 0.6) is 0 Å². The normalized spacial score (nSPS) is 11.7. The van der Waals surface area contributed by atoms with Gasteiger partial charge in [-0.05, 0) is 12.5 Å². The van der Waals surface area contributed by atoms with Crippen molar-refractivity contribution in [3.05, 3.63) is 40.6 Å². The Hall–Kier alpha value is -2.70. The molecule has 1 heterocycles. The van der Waals surface area contributed by atoms with Gasteiger partial charge in [-0.3, -0.25) is 15.1 Å². The molecule has 0 fully saturated rings. The Morgan fingerprint density at radius 2 is 1.81 bits per heavy atom. The Labute approximate surface area is 160 Å². The highest BCUT2D eigenvalue weighted by Crippen LogP contribution is 2.31. The van der Waals surface area contributed by atoms with Crippen molar-refractivity contribution in [2.45, 2.75) is 58.3 Å². The van der Waals surface area contributed by atoms with E-state index in [1.165, 1.54) is 44.7 Å². The number of hydrogen-bond acceptors (Lipinski definition) is 4. The SMILES string of the molecule is CCCCCCCCCCN=C(N)Nc1c([N+](=O)[O-])cnc2ccccc12. The quantitative estimate of drug-likeness (QED) is 0.190. The van der Waals surface area contributed by atoms with Crippen LogP contribution in [0.15, 0.2) is 35.5 Å². The summed E-state index contributed by atoms with van der Waals surface area (Å²) in [5.41, 5.74) is 6.85. The standard InChI is InChI=1S/C20H29N5O2/c1-2-3-4-5-6-7-8-11-14-22-20(21)24-19-16-12-9-10-13-17(16)23-15-18(19)25(26)27/h9-10,12-13,15H,2-8,11,14H2,1H3,(H3,21,22,23,24). The molecular weight excluding hydrogens is 342 g/mol. The molecule has 2 aromatic rings. The van der Waals surface area contributed by atoms with Crippen LogP contribution in [-0.2, 0) is 0 Å². The number of nitro groups is 1. The van der Waals surface area contributed by atoms with Gasteiger partial charge in [-0.15, -0.1) is 0 Å². The van der Waals surface area contributed by atoms with Crippen molar-refractivity contribution < 1.29 is 4.92 Å². The molecular formula is C20H29N5O2. The lowest BCUT2D eigenvalue weighted by Gasteiger charge is -2.09. The van der Waals surface area contributed by atoms with Crippen molar-refractivity contribution >= 4 is 28.2 Å². The van der Waals surface area contributed by atoms with Gasteiger partial charge in [0.25, 0.3) is 0 Å². The van der Waals surface area contributed by atoms with Crippen LogP contribution in [0.2, 0.25) is 0 Å². The zero-order valence-electron chi connectivity index (χ0n) is 16.0. The first-order valence-electron chi connectivity index (χ1n) is 9.72. The van der Waals surface area contributed by atoms with Crippen LogP contribution in [0.3, 0.4) is 0 Å². The number of anilines is 1. The molecule has 3 N–H and O–H groups in total. The average molecular weight is 371 g/mol. The molecule has 0 aliphatic rings. The molecule has 0 radical (unpaired) electrons. The minimum Gasteiger partial charge on any atom is -0.370 e. The maximum atomic E-state index is 11.3. The molecule has 0 bridgehead atoms. The van der Waals surface area contributed by atoms with Gasteiger partial charge in [0.15, 0.2) is 5.96 Å². The number of benzene rings is 1. The van der Waals surface area contributed by atoms with Crippen molar-refractivity contribution in [3.63, 3.8) is 0 Å². The van der Waals surface area contributed by atoms with Gasteiger partial charge in [-0.25, -0.2) is 4.98 Å². The molecule has 0 amide bonds. The molecule has 0 aliphatic heterocycles. The molecule has 7 nitrogen and oxygen atoms in total. The fraction of sp³-hybridized carbons (Fsp3) is 0.500. The first kappa shape index (κ1) is 20.6. The predicted octanol–water partition coefficient (Wildman–Crippen LogP) is 5.01. The zero-order chi connectivity index (χ0) is 19.5. The second kappa shape index (κ2) is 11.1. The van der Waals surface area contributed by atoms with E-state index >= 15 is 0 Å². The van der Waals surface area contributed by atoms with E-state index in [1.807, 2.05) is 12.1 Å². The van der Waals surface area contributed by atoms with E-state index in [-0.39, 0.29) is 11.6 Å². The highest BCUT2D eigenvalue weighted by molar-refractivity contribution is 6.04. The Kier molecular flexibility index (Phi) is 8.48. The molecule has 0 saturated heterocycles. The van der Waals surface area contributed by atoms with Gasteiger partial charge in [0.1, 0.15) is 11.9 Å². The summed E-state index contributed by atoms with van der Waals surface area (Å²) < 4.78 is 0. The summed E-state index contributed by atoms with van der Waals surface area (Å²) in [5.74, 6) is 0.192. The van der Waals surface area contributed by atoms with Crippen molar-refractivity contribution in [2.75, 3.05) is 11.9 Å². The molecule has 0 saturated carbocycles. The molecule has 27 heavy (non-hydrogen) atoms. The third-order valence-corrected chi connectivity index (χ3v) is 4.50. The number of nitrogens with two attached hydrogens (primary N) is 1. The van der Waals surface area contributed by atoms with Crippen molar-refractivity contribution in [2.24, 2.45) is 10.7 Å². The first-order chi connectivity index (χ1) is 13.1. The highest BCUT2D eigenvalue weighted by atomic mass is 16.6. The molecule has 0 unspecified atom stereocenters. The number of pyridine rings is 1. The summed E-state index contributed by atoms with van der Waals surface area (Å²) in [7, 11) is 0. The summed E-state index contributed by atoms with van der Waals surface area (Å²) in [6.07, 6.45) is 11.0. The van der Waals surface area contributed by atoms with Gasteiger partial charge in [-0.1, -0.05) is 70.1 Å². The van der Waals surface area contributed by atoms with E-state index in [9.17, 15) is 10.1 Å². The summed E-state index contributed by atoms with van der Waals surface area (Å²) in [6.45, 7) is 2.84. The summed E-state index contributed by atoms with van der Waals surface area (Å²) >= 11 is 0. The molecule has 146 valence electrons. The van der Waals surface area contributed by atoms with Gasteiger partial charge in [-0.2, -0.15) is 0 Å². The topological polar surface area (TPSA) is 106 Å². The Bertz CT molecular complexity index is 776. The number of aliphatic imine (C=N–C) groups is 1. The number of fused-ring (bicyclic) bond motifs is 1. The zero-order valence-corrected chi connectivity index (χ0v) is 16.0. The third kappa shape index (κ3) is 6.51. The van der Waals surface area contributed by atoms with Crippen molar-refractivity contribution in [3.8, 4) is 0 Å². The Morgan fingerprint density at radius 3 is 2.52 bits per heavy atom. The van der Waals surface area contributed by atoms with Crippen LogP contribution in [0.4, 0.5) is 11.4 Å². The second-order valence-electron chi connectivity index (χ2n) is 6.66. The van der Waals surface area contributed by atoms with Gasteiger partial charge in [0.2, 0.25) is 0 Å². The van der Waals surface area contributed by atoms with Crippen LogP contribution in [0, 0.1) is 10.1 Å². The van der Waals surface area contributed by atoms with Crippen molar-refractivity contribution in [1.82, 2.24) is 4.98 Å². The predicted molar refractivity (Wildman–Crippen MR) is 111 cm³/mol. The van der Waals surface area contributed by atoms with E-state index < -0.39 is 4.92 Å². The summed E-state index contributed by atoms with van der Waals surface area (Å²) in [4.78, 5) is 19.3. The number of aromatic nitrogens is 1. The van der Waals surface area contributed by atoms with Crippen LogP contribution < -0.4 is 11.1 Å². The van der Waals surface area contributed by atoms with E-state index in [0.29, 0.717) is 23.1 Å². The van der Waals surface area contributed by atoms with Crippen LogP contribution in [0.1, 0.15) is 58.3 Å². The fourth-order valence-corrected chi connectivity index (χ4v) is 3.01. The lowest BCUT2D eigenvalue weighted by Crippen LogP contribution is -2.23. The third-order valence-electron chi connectivity index (χ3n) is 4.50. The van der Waals surface area contributed by atoms with Crippen molar-refractivity contribution in [1.29, 1.82) is 0 Å². The van der Waals surface area contributed by atoms with E-state index in [1.54, 1.807) is 12.1 Å². The molecule has 2 rings (SSSR count). The second-order valence-corrected chi connectivity index (χ2v) is 6.66. The minimum absolute atomic E-state index is 0.112. The number of nitrogens with zero attached hydrogens (tertiary/aromatic N) is 3. The fourth-order valence-electron chi connectivity index (χ4n) is 3.01. The largest absolute Gasteiger partial charge is 0.370 e. The molecule has 1 aromatic heterocycles.